The molecule has 2 unspecified atom stereocenters. The average Bonchev–Trinajstić information content (AvgIpc) is 2.53. The molecule has 1 aromatic rings. The Balaban J connectivity index is 1.89. The molecule has 2 aliphatic heterocycles. The topological polar surface area (TPSA) is 64.7 Å². The van der Waals surface area contributed by atoms with Gasteiger partial charge >= 0.3 is 0 Å². The zero-order chi connectivity index (χ0) is 16.6. The van der Waals surface area contributed by atoms with Crippen molar-refractivity contribution >= 4 is 23.2 Å². The summed E-state index contributed by atoms with van der Waals surface area (Å²) in [4.78, 5) is 28.5. The highest BCUT2D eigenvalue weighted by atomic mass is 16.2. The number of hydrogen-bond acceptors (Lipinski definition) is 4. The Kier molecular flexibility index (Phi) is 4.37. The molecule has 6 nitrogen and oxygen atoms in total. The number of benzene rings is 1. The van der Waals surface area contributed by atoms with Gasteiger partial charge in [0.05, 0.1) is 23.5 Å². The number of fused-ring (bicyclic) bond motifs is 1. The summed E-state index contributed by atoms with van der Waals surface area (Å²) in [5.74, 6) is 0.0650. The number of piperazine rings is 1. The summed E-state index contributed by atoms with van der Waals surface area (Å²) in [7, 11) is 0. The first-order valence-electron chi connectivity index (χ1n) is 8.16. The number of nitrogens with zero attached hydrogens (tertiary/aromatic N) is 2. The highest BCUT2D eigenvalue weighted by molar-refractivity contribution is 6.05. The highest BCUT2D eigenvalue weighted by Gasteiger charge is 2.36. The van der Waals surface area contributed by atoms with Gasteiger partial charge in [-0.3, -0.25) is 9.59 Å². The summed E-state index contributed by atoms with van der Waals surface area (Å²) < 4.78 is 0. The zero-order valence-corrected chi connectivity index (χ0v) is 13.9. The third-order valence-corrected chi connectivity index (χ3v) is 4.56. The van der Waals surface area contributed by atoms with Crippen LogP contribution < -0.4 is 20.4 Å². The number of para-hydroxylation sites is 2. The second kappa shape index (κ2) is 6.29. The summed E-state index contributed by atoms with van der Waals surface area (Å²) in [5.41, 5.74) is 1.62. The summed E-state index contributed by atoms with van der Waals surface area (Å²) in [6.45, 7) is 7.56. The lowest BCUT2D eigenvalue weighted by Gasteiger charge is -2.42. The fourth-order valence-corrected chi connectivity index (χ4v) is 3.41. The van der Waals surface area contributed by atoms with Crippen molar-refractivity contribution in [1.82, 2.24) is 10.6 Å². The van der Waals surface area contributed by atoms with E-state index in [4.69, 9.17) is 0 Å². The monoisotopic (exact) mass is 316 g/mol. The molecule has 2 heterocycles. The lowest BCUT2D eigenvalue weighted by Crippen LogP contribution is -2.62. The zero-order valence-electron chi connectivity index (χ0n) is 13.9. The number of rotatable bonds is 1. The van der Waals surface area contributed by atoms with Gasteiger partial charge in [-0.05, 0) is 26.0 Å². The van der Waals surface area contributed by atoms with E-state index in [9.17, 15) is 9.59 Å². The van der Waals surface area contributed by atoms with Crippen LogP contribution in [0.4, 0.5) is 11.4 Å². The maximum atomic E-state index is 13.0. The molecule has 0 saturated carbocycles. The molecule has 1 fully saturated rings. The molecular formula is C17H24N4O2. The Morgan fingerprint density at radius 2 is 1.78 bits per heavy atom. The van der Waals surface area contributed by atoms with E-state index in [2.05, 4.69) is 17.6 Å². The fraction of sp³-hybridized carbons (Fsp3) is 0.529. The van der Waals surface area contributed by atoms with Crippen molar-refractivity contribution in [1.29, 1.82) is 0 Å². The van der Waals surface area contributed by atoms with Crippen molar-refractivity contribution in [2.24, 2.45) is 0 Å². The Morgan fingerprint density at radius 3 is 2.39 bits per heavy atom. The van der Waals surface area contributed by atoms with Crippen LogP contribution in [0, 0.1) is 0 Å². The van der Waals surface area contributed by atoms with Crippen molar-refractivity contribution in [3.63, 3.8) is 0 Å². The van der Waals surface area contributed by atoms with E-state index in [1.54, 1.807) is 11.8 Å². The Morgan fingerprint density at radius 1 is 1.09 bits per heavy atom. The minimum absolute atomic E-state index is 0.00309. The van der Waals surface area contributed by atoms with Crippen molar-refractivity contribution < 1.29 is 9.59 Å². The molecule has 3 rings (SSSR count). The maximum absolute atomic E-state index is 13.0. The normalized spacial score (nSPS) is 27.5. The minimum atomic E-state index is -0.227. The summed E-state index contributed by atoms with van der Waals surface area (Å²) in [6, 6.07) is 7.73. The van der Waals surface area contributed by atoms with Crippen LogP contribution in [0.3, 0.4) is 0 Å². The molecule has 0 radical (unpaired) electrons. The van der Waals surface area contributed by atoms with Gasteiger partial charge in [0.25, 0.3) is 0 Å². The number of hydrogen-bond donors (Lipinski definition) is 2. The largest absolute Gasteiger partial charge is 0.311 e. The van der Waals surface area contributed by atoms with Crippen molar-refractivity contribution in [2.75, 3.05) is 29.4 Å². The van der Waals surface area contributed by atoms with E-state index in [0.717, 1.165) is 17.9 Å². The molecule has 2 amide bonds. The molecule has 0 spiro atoms. The minimum Gasteiger partial charge on any atom is -0.311 e. The molecule has 1 aromatic carbocycles. The molecule has 1 saturated heterocycles. The molecule has 124 valence electrons. The number of carbonyl (C=O) groups is 2. The number of anilines is 2. The van der Waals surface area contributed by atoms with E-state index in [1.807, 2.05) is 36.1 Å². The van der Waals surface area contributed by atoms with Gasteiger partial charge in [-0.2, -0.15) is 0 Å². The van der Waals surface area contributed by atoms with E-state index in [0.29, 0.717) is 19.1 Å². The van der Waals surface area contributed by atoms with Gasteiger partial charge in [0.15, 0.2) is 0 Å². The quantitative estimate of drug-likeness (QED) is 0.801. The van der Waals surface area contributed by atoms with Crippen molar-refractivity contribution in [3.05, 3.63) is 24.3 Å². The number of nitrogens with one attached hydrogen (secondary N) is 2. The first-order valence-corrected chi connectivity index (χ1v) is 8.16. The van der Waals surface area contributed by atoms with Gasteiger partial charge in [0, 0.05) is 32.6 Å². The lowest BCUT2D eigenvalue weighted by molar-refractivity contribution is -0.121. The Bertz CT molecular complexity index is 610. The van der Waals surface area contributed by atoms with Gasteiger partial charge in [0.1, 0.15) is 0 Å². The molecule has 3 atom stereocenters. The van der Waals surface area contributed by atoms with Crippen LogP contribution in [0.15, 0.2) is 24.3 Å². The van der Waals surface area contributed by atoms with Crippen LogP contribution in [0.25, 0.3) is 0 Å². The van der Waals surface area contributed by atoms with Crippen LogP contribution in [-0.2, 0) is 9.59 Å². The van der Waals surface area contributed by atoms with E-state index in [1.165, 1.54) is 0 Å². The van der Waals surface area contributed by atoms with E-state index in [-0.39, 0.29) is 23.9 Å². The van der Waals surface area contributed by atoms with Gasteiger partial charge in [-0.25, -0.2) is 0 Å². The second-order valence-corrected chi connectivity index (χ2v) is 6.45. The average molecular weight is 316 g/mol. The first-order chi connectivity index (χ1) is 11.0. The van der Waals surface area contributed by atoms with E-state index >= 15 is 0 Å². The van der Waals surface area contributed by atoms with Crippen molar-refractivity contribution in [3.8, 4) is 0 Å². The molecular weight excluding hydrogens is 292 g/mol. The summed E-state index contributed by atoms with van der Waals surface area (Å²) in [6.07, 6.45) is 0. The van der Waals surface area contributed by atoms with Crippen LogP contribution >= 0.6 is 0 Å². The number of amides is 2. The molecule has 0 aliphatic carbocycles. The second-order valence-electron chi connectivity index (χ2n) is 6.45. The predicted molar refractivity (Wildman–Crippen MR) is 90.7 cm³/mol. The van der Waals surface area contributed by atoms with Crippen molar-refractivity contribution in [2.45, 2.75) is 38.9 Å². The smallest absolute Gasteiger partial charge is 0.245 e. The third kappa shape index (κ3) is 2.96. The molecule has 6 heteroatoms. The van der Waals surface area contributed by atoms with Crippen LogP contribution in [0.2, 0.25) is 0 Å². The summed E-state index contributed by atoms with van der Waals surface area (Å²) in [5, 5.41) is 6.65. The van der Waals surface area contributed by atoms with Gasteiger partial charge in [-0.1, -0.05) is 12.1 Å². The van der Waals surface area contributed by atoms with E-state index < -0.39 is 0 Å². The number of carbonyl (C=O) groups excluding carboxylic acids is 2. The SMILES string of the molecule is CC(=O)N1c2ccccc2N(C(=O)C2CNC(C)CN2)C[C@@H]1C. The standard InChI is InChI=1S/C17H24N4O2/c1-11-8-19-14(9-18-11)17(23)20-10-12(2)21(13(3)22)16-7-5-4-6-15(16)20/h4-7,11-12,14,18-19H,8-10H2,1-3H3/t11?,12-,14?/m0/s1. The fourth-order valence-electron chi connectivity index (χ4n) is 3.41. The van der Waals surface area contributed by atoms with Gasteiger partial charge in [-0.15, -0.1) is 0 Å². The molecule has 2 N–H and O–H groups in total. The van der Waals surface area contributed by atoms with Crippen LogP contribution in [-0.4, -0.2) is 49.6 Å². The molecule has 2 aliphatic rings. The molecule has 0 bridgehead atoms. The highest BCUT2D eigenvalue weighted by Crippen LogP contribution is 2.35. The predicted octanol–water partition coefficient (Wildman–Crippen LogP) is 0.725. The van der Waals surface area contributed by atoms with Gasteiger partial charge < -0.3 is 20.4 Å². The lowest BCUT2D eigenvalue weighted by atomic mass is 10.0. The molecule has 23 heavy (non-hydrogen) atoms. The third-order valence-electron chi connectivity index (χ3n) is 4.56. The first kappa shape index (κ1) is 16.0. The molecule has 0 aromatic heterocycles. The van der Waals surface area contributed by atoms with Gasteiger partial charge in [0.2, 0.25) is 11.8 Å². The maximum Gasteiger partial charge on any atom is 0.245 e. The van der Waals surface area contributed by atoms with Crippen LogP contribution in [0.1, 0.15) is 20.8 Å². The Labute approximate surface area is 136 Å². The Hall–Kier alpha value is -1.92. The van der Waals surface area contributed by atoms with Crippen LogP contribution in [0.5, 0.6) is 0 Å². The summed E-state index contributed by atoms with van der Waals surface area (Å²) >= 11 is 0.